The Kier molecular flexibility index (Phi) is 5.16. The van der Waals surface area contributed by atoms with Crippen LogP contribution in [0.4, 0.5) is 0 Å². The number of hydrogen-bond acceptors (Lipinski definition) is 3. The molecule has 0 bridgehead atoms. The first-order chi connectivity index (χ1) is 11.7. The number of para-hydroxylation sites is 1. The maximum Gasteiger partial charge on any atom is 0.224 e. The first-order valence-corrected chi connectivity index (χ1v) is 8.80. The van der Waals surface area contributed by atoms with E-state index in [2.05, 4.69) is 28.7 Å². The van der Waals surface area contributed by atoms with Gasteiger partial charge in [-0.3, -0.25) is 4.79 Å². The second-order valence-corrected chi connectivity index (χ2v) is 7.11. The zero-order chi connectivity index (χ0) is 16.6. The summed E-state index contributed by atoms with van der Waals surface area (Å²) in [7, 11) is 0. The van der Waals surface area contributed by atoms with Crippen LogP contribution in [0.2, 0.25) is 0 Å². The van der Waals surface area contributed by atoms with Crippen LogP contribution >= 0.6 is 12.4 Å². The molecule has 2 aromatic rings. The van der Waals surface area contributed by atoms with Gasteiger partial charge in [0.15, 0.2) is 0 Å². The smallest absolute Gasteiger partial charge is 0.224 e. The third-order valence-electron chi connectivity index (χ3n) is 5.62. The fraction of sp³-hybridized carbons (Fsp3) is 0.474. The van der Waals surface area contributed by atoms with Crippen molar-refractivity contribution in [2.45, 2.75) is 32.2 Å². The standard InChI is InChI=1S/C19H24N4O.ClH/c1-14(15-5-2-3-6-17(15)23-12-4-9-21-23)22-18(24)16-13-19(16)7-10-20-11-8-19;/h2-6,9,12,14,16,20H,7-8,10-11,13H2,1H3,(H,22,24);1H. The molecular formula is C19H25ClN4O. The van der Waals surface area contributed by atoms with E-state index in [1.807, 2.05) is 35.1 Å². The first kappa shape index (κ1) is 18.0. The Morgan fingerprint density at radius 1 is 1.32 bits per heavy atom. The van der Waals surface area contributed by atoms with E-state index in [1.54, 1.807) is 6.20 Å². The van der Waals surface area contributed by atoms with Crippen LogP contribution in [-0.4, -0.2) is 28.8 Å². The monoisotopic (exact) mass is 360 g/mol. The van der Waals surface area contributed by atoms with Gasteiger partial charge in [0.05, 0.1) is 11.7 Å². The summed E-state index contributed by atoms with van der Waals surface area (Å²) < 4.78 is 1.85. The van der Waals surface area contributed by atoms with E-state index in [-0.39, 0.29) is 35.7 Å². The molecule has 2 unspecified atom stereocenters. The highest BCUT2D eigenvalue weighted by Gasteiger charge is 2.57. The van der Waals surface area contributed by atoms with Crippen molar-refractivity contribution in [2.75, 3.05) is 13.1 Å². The zero-order valence-electron chi connectivity index (χ0n) is 14.4. The molecule has 2 N–H and O–H groups in total. The summed E-state index contributed by atoms with van der Waals surface area (Å²) in [5.74, 6) is 0.401. The summed E-state index contributed by atoms with van der Waals surface area (Å²) in [5.41, 5.74) is 2.38. The summed E-state index contributed by atoms with van der Waals surface area (Å²) >= 11 is 0. The summed E-state index contributed by atoms with van der Waals surface area (Å²) in [6, 6.07) is 9.99. The van der Waals surface area contributed by atoms with Crippen LogP contribution < -0.4 is 10.6 Å². The SMILES string of the molecule is CC(NC(=O)C1CC12CCNCC2)c1ccccc1-n1cccn1.Cl. The normalized spacial score (nSPS) is 22.0. The molecule has 2 heterocycles. The highest BCUT2D eigenvalue weighted by atomic mass is 35.5. The second-order valence-electron chi connectivity index (χ2n) is 7.11. The molecule has 25 heavy (non-hydrogen) atoms. The Morgan fingerprint density at radius 2 is 2.08 bits per heavy atom. The molecule has 134 valence electrons. The number of carbonyl (C=O) groups is 1. The predicted molar refractivity (Wildman–Crippen MR) is 100 cm³/mol. The Labute approximate surface area is 154 Å². The lowest BCUT2D eigenvalue weighted by atomic mass is 9.91. The van der Waals surface area contributed by atoms with Crippen LogP contribution in [-0.2, 0) is 4.79 Å². The highest BCUT2D eigenvalue weighted by molar-refractivity contribution is 5.85. The lowest BCUT2D eigenvalue weighted by molar-refractivity contribution is -0.123. The van der Waals surface area contributed by atoms with Crippen molar-refractivity contribution in [3.8, 4) is 5.69 Å². The number of benzene rings is 1. The molecule has 1 spiro atoms. The molecule has 1 aliphatic heterocycles. The molecule has 6 heteroatoms. The average Bonchev–Trinajstić information content (AvgIpc) is 3.05. The largest absolute Gasteiger partial charge is 0.349 e. The quantitative estimate of drug-likeness (QED) is 0.881. The van der Waals surface area contributed by atoms with Crippen LogP contribution in [0.3, 0.4) is 0 Å². The van der Waals surface area contributed by atoms with Crippen molar-refractivity contribution in [3.05, 3.63) is 48.3 Å². The number of nitrogens with zero attached hydrogens (tertiary/aromatic N) is 2. The Hall–Kier alpha value is -1.85. The third kappa shape index (κ3) is 3.44. The Bertz CT molecular complexity index is 725. The molecule has 1 saturated carbocycles. The first-order valence-electron chi connectivity index (χ1n) is 8.80. The van der Waals surface area contributed by atoms with Gasteiger partial charge in [0, 0.05) is 18.3 Å². The summed E-state index contributed by atoms with van der Waals surface area (Å²) in [4.78, 5) is 12.7. The number of amides is 1. The maximum atomic E-state index is 12.7. The fourth-order valence-corrected chi connectivity index (χ4v) is 4.06. The van der Waals surface area contributed by atoms with Gasteiger partial charge in [-0.15, -0.1) is 12.4 Å². The van der Waals surface area contributed by atoms with Crippen LogP contribution in [0.15, 0.2) is 42.7 Å². The van der Waals surface area contributed by atoms with Crippen molar-refractivity contribution in [1.29, 1.82) is 0 Å². The van der Waals surface area contributed by atoms with E-state index in [0.717, 1.165) is 43.6 Å². The molecule has 2 atom stereocenters. The molecule has 5 nitrogen and oxygen atoms in total. The van der Waals surface area contributed by atoms with E-state index in [9.17, 15) is 4.79 Å². The Morgan fingerprint density at radius 3 is 2.80 bits per heavy atom. The molecule has 0 radical (unpaired) electrons. The van der Waals surface area contributed by atoms with Gasteiger partial charge < -0.3 is 10.6 Å². The number of rotatable bonds is 4. The summed E-state index contributed by atoms with van der Waals surface area (Å²) in [5, 5.41) is 10.9. The van der Waals surface area contributed by atoms with Crippen molar-refractivity contribution < 1.29 is 4.79 Å². The molecular weight excluding hydrogens is 336 g/mol. The molecule has 1 aromatic heterocycles. The van der Waals surface area contributed by atoms with E-state index in [4.69, 9.17) is 0 Å². The van der Waals surface area contributed by atoms with Gasteiger partial charge in [0.2, 0.25) is 5.91 Å². The summed E-state index contributed by atoms with van der Waals surface area (Å²) in [6.07, 6.45) is 7.00. The molecule has 2 fully saturated rings. The highest BCUT2D eigenvalue weighted by Crippen LogP contribution is 2.58. The number of piperidine rings is 1. The molecule has 1 saturated heterocycles. The fourth-order valence-electron chi connectivity index (χ4n) is 4.06. The minimum absolute atomic E-state index is 0. The number of aromatic nitrogens is 2. The van der Waals surface area contributed by atoms with E-state index < -0.39 is 0 Å². The van der Waals surface area contributed by atoms with Gasteiger partial charge in [0.25, 0.3) is 0 Å². The molecule has 4 rings (SSSR count). The number of nitrogens with one attached hydrogen (secondary N) is 2. The van der Waals surface area contributed by atoms with E-state index in [1.165, 1.54) is 0 Å². The predicted octanol–water partition coefficient (Wildman–Crippen LogP) is 2.86. The van der Waals surface area contributed by atoms with Crippen molar-refractivity contribution in [2.24, 2.45) is 11.3 Å². The lowest BCUT2D eigenvalue weighted by Gasteiger charge is -2.24. The topological polar surface area (TPSA) is 59.0 Å². The van der Waals surface area contributed by atoms with Gasteiger partial charge in [0.1, 0.15) is 0 Å². The van der Waals surface area contributed by atoms with E-state index >= 15 is 0 Å². The number of halogens is 1. The lowest BCUT2D eigenvalue weighted by Crippen LogP contribution is -2.34. The Balaban J connectivity index is 0.00000182. The molecule has 2 aliphatic rings. The van der Waals surface area contributed by atoms with Crippen LogP contribution in [0.25, 0.3) is 5.69 Å². The van der Waals surface area contributed by atoms with Crippen molar-refractivity contribution in [3.63, 3.8) is 0 Å². The zero-order valence-corrected chi connectivity index (χ0v) is 15.3. The third-order valence-corrected chi connectivity index (χ3v) is 5.62. The van der Waals surface area contributed by atoms with Crippen LogP contribution in [0, 0.1) is 11.3 Å². The maximum absolute atomic E-state index is 12.7. The van der Waals surface area contributed by atoms with E-state index in [0.29, 0.717) is 0 Å². The van der Waals surface area contributed by atoms with Gasteiger partial charge >= 0.3 is 0 Å². The summed E-state index contributed by atoms with van der Waals surface area (Å²) in [6.45, 7) is 4.14. The van der Waals surface area contributed by atoms with Crippen molar-refractivity contribution >= 4 is 18.3 Å². The number of hydrogen-bond donors (Lipinski definition) is 2. The van der Waals surface area contributed by atoms with Gasteiger partial charge in [-0.05, 0) is 62.4 Å². The molecule has 1 amide bonds. The average molecular weight is 361 g/mol. The molecule has 1 aliphatic carbocycles. The number of carbonyl (C=O) groups excluding carboxylic acids is 1. The minimum Gasteiger partial charge on any atom is -0.349 e. The second kappa shape index (κ2) is 7.18. The van der Waals surface area contributed by atoms with Crippen molar-refractivity contribution in [1.82, 2.24) is 20.4 Å². The van der Waals surface area contributed by atoms with Crippen LogP contribution in [0.1, 0.15) is 37.8 Å². The van der Waals surface area contributed by atoms with Gasteiger partial charge in [-0.1, -0.05) is 18.2 Å². The minimum atomic E-state index is -0.0303. The molecule has 1 aromatic carbocycles. The van der Waals surface area contributed by atoms with Gasteiger partial charge in [-0.25, -0.2) is 4.68 Å². The van der Waals surface area contributed by atoms with Gasteiger partial charge in [-0.2, -0.15) is 5.10 Å². The van der Waals surface area contributed by atoms with Crippen LogP contribution in [0.5, 0.6) is 0 Å².